The molecule has 0 saturated carbocycles. The molecular formula is C8H19NO. The monoisotopic (exact) mass is 145 g/mol. The summed E-state index contributed by atoms with van der Waals surface area (Å²) in [6.45, 7) is 7.66. The molecule has 2 nitrogen and oxygen atoms in total. The van der Waals surface area contributed by atoms with E-state index in [0.717, 1.165) is 12.5 Å². The summed E-state index contributed by atoms with van der Waals surface area (Å²) in [5.41, 5.74) is 2.85. The Morgan fingerprint density at radius 3 is 2.30 bits per heavy atom. The summed E-state index contributed by atoms with van der Waals surface area (Å²) in [6.07, 6.45) is 1.26. The second kappa shape index (κ2) is 5.69. The molecule has 0 aliphatic heterocycles. The Kier molecular flexibility index (Phi) is 5.64. The maximum absolute atomic E-state index is 4.74. The highest BCUT2D eigenvalue weighted by atomic mass is 16.6. The molecule has 0 aliphatic carbocycles. The Morgan fingerprint density at radius 1 is 1.30 bits per heavy atom. The molecule has 0 aromatic rings. The largest absolute Gasteiger partial charge is 0.305 e. The molecule has 2 heteroatoms. The van der Waals surface area contributed by atoms with Crippen LogP contribution in [0.2, 0.25) is 0 Å². The molecule has 0 aliphatic rings. The van der Waals surface area contributed by atoms with Crippen LogP contribution in [0.5, 0.6) is 0 Å². The summed E-state index contributed by atoms with van der Waals surface area (Å²) in [4.78, 5) is 4.74. The normalized spacial score (nSPS) is 14.1. The van der Waals surface area contributed by atoms with Crippen molar-refractivity contribution in [2.45, 2.75) is 27.2 Å². The van der Waals surface area contributed by atoms with Gasteiger partial charge in [0.05, 0.1) is 7.11 Å². The third kappa shape index (κ3) is 6.05. The molecular weight excluding hydrogens is 126 g/mol. The first-order chi connectivity index (χ1) is 4.66. The van der Waals surface area contributed by atoms with Gasteiger partial charge in [-0.2, -0.15) is 0 Å². The zero-order valence-electron chi connectivity index (χ0n) is 7.48. The van der Waals surface area contributed by atoms with E-state index >= 15 is 0 Å². The summed E-state index contributed by atoms with van der Waals surface area (Å²) in [6, 6.07) is 0. The molecule has 0 fully saturated rings. The molecule has 0 rings (SSSR count). The van der Waals surface area contributed by atoms with Crippen molar-refractivity contribution in [1.82, 2.24) is 5.48 Å². The van der Waals surface area contributed by atoms with Gasteiger partial charge in [-0.15, -0.1) is 0 Å². The van der Waals surface area contributed by atoms with Crippen LogP contribution in [0.3, 0.4) is 0 Å². The van der Waals surface area contributed by atoms with Crippen molar-refractivity contribution in [3.63, 3.8) is 0 Å². The van der Waals surface area contributed by atoms with E-state index in [-0.39, 0.29) is 0 Å². The Balaban J connectivity index is 3.16. The quantitative estimate of drug-likeness (QED) is 0.596. The molecule has 0 aromatic carbocycles. The first-order valence-electron chi connectivity index (χ1n) is 3.92. The Morgan fingerprint density at radius 2 is 1.90 bits per heavy atom. The van der Waals surface area contributed by atoms with Gasteiger partial charge < -0.3 is 4.84 Å². The molecule has 0 bridgehead atoms. The van der Waals surface area contributed by atoms with E-state index in [1.807, 2.05) is 0 Å². The summed E-state index contributed by atoms with van der Waals surface area (Å²) >= 11 is 0. The minimum atomic E-state index is 0.708. The fourth-order valence-corrected chi connectivity index (χ4v) is 1.11. The van der Waals surface area contributed by atoms with E-state index in [2.05, 4.69) is 26.3 Å². The van der Waals surface area contributed by atoms with E-state index in [1.165, 1.54) is 6.42 Å². The molecule has 0 saturated heterocycles. The van der Waals surface area contributed by atoms with Gasteiger partial charge in [0.15, 0.2) is 0 Å². The second-order valence-corrected chi connectivity index (χ2v) is 3.29. The van der Waals surface area contributed by atoms with Gasteiger partial charge in [-0.1, -0.05) is 20.8 Å². The van der Waals surface area contributed by atoms with Gasteiger partial charge in [0.25, 0.3) is 0 Å². The fraction of sp³-hybridized carbons (Fsp3) is 1.00. The van der Waals surface area contributed by atoms with Crippen molar-refractivity contribution < 1.29 is 4.84 Å². The molecule has 0 heterocycles. The van der Waals surface area contributed by atoms with Gasteiger partial charge in [0, 0.05) is 6.54 Å². The molecule has 0 aromatic heterocycles. The lowest BCUT2D eigenvalue weighted by Gasteiger charge is -2.12. The van der Waals surface area contributed by atoms with Crippen molar-refractivity contribution in [3.8, 4) is 0 Å². The van der Waals surface area contributed by atoms with Gasteiger partial charge in [-0.25, -0.2) is 5.48 Å². The summed E-state index contributed by atoms with van der Waals surface area (Å²) < 4.78 is 0. The third-order valence-corrected chi connectivity index (χ3v) is 1.45. The predicted molar refractivity (Wildman–Crippen MR) is 43.6 cm³/mol. The zero-order valence-corrected chi connectivity index (χ0v) is 7.48. The number of nitrogens with one attached hydrogen (secondary N) is 1. The number of hydroxylamine groups is 1. The standard InChI is InChI=1S/C8H19NO/c1-7(2)5-8(3)6-9-10-4/h7-9H,5-6H2,1-4H3. The lowest BCUT2D eigenvalue weighted by Crippen LogP contribution is -2.20. The average molecular weight is 145 g/mol. The van der Waals surface area contributed by atoms with Gasteiger partial charge in [-0.3, -0.25) is 0 Å². The molecule has 0 amide bonds. The topological polar surface area (TPSA) is 21.3 Å². The summed E-state index contributed by atoms with van der Waals surface area (Å²) in [5.74, 6) is 1.49. The van der Waals surface area contributed by atoms with Crippen LogP contribution in [0.15, 0.2) is 0 Å². The smallest absolute Gasteiger partial charge is 0.0572 e. The lowest BCUT2D eigenvalue weighted by atomic mass is 9.99. The zero-order chi connectivity index (χ0) is 7.98. The van der Waals surface area contributed by atoms with Crippen LogP contribution >= 0.6 is 0 Å². The first-order valence-corrected chi connectivity index (χ1v) is 3.92. The van der Waals surface area contributed by atoms with Crippen molar-refractivity contribution in [3.05, 3.63) is 0 Å². The molecule has 1 N–H and O–H groups in total. The van der Waals surface area contributed by atoms with Crippen molar-refractivity contribution in [2.75, 3.05) is 13.7 Å². The van der Waals surface area contributed by atoms with E-state index in [1.54, 1.807) is 7.11 Å². The Labute approximate surface area is 63.9 Å². The van der Waals surface area contributed by atoms with E-state index < -0.39 is 0 Å². The average Bonchev–Trinajstić information content (AvgIpc) is 1.82. The SMILES string of the molecule is CONCC(C)CC(C)C. The van der Waals surface area contributed by atoms with Crippen LogP contribution in [-0.2, 0) is 4.84 Å². The Bertz CT molecular complexity index is 73.7. The van der Waals surface area contributed by atoms with Gasteiger partial charge in [0.1, 0.15) is 0 Å². The van der Waals surface area contributed by atoms with Crippen molar-refractivity contribution >= 4 is 0 Å². The van der Waals surface area contributed by atoms with Gasteiger partial charge in [0.2, 0.25) is 0 Å². The fourth-order valence-electron chi connectivity index (χ4n) is 1.11. The lowest BCUT2D eigenvalue weighted by molar-refractivity contribution is 0.0792. The minimum Gasteiger partial charge on any atom is -0.305 e. The molecule has 1 atom stereocenters. The maximum Gasteiger partial charge on any atom is 0.0572 e. The number of hydrogen-bond donors (Lipinski definition) is 1. The van der Waals surface area contributed by atoms with Crippen molar-refractivity contribution in [1.29, 1.82) is 0 Å². The number of hydrogen-bond acceptors (Lipinski definition) is 2. The highest BCUT2D eigenvalue weighted by molar-refractivity contribution is 4.55. The van der Waals surface area contributed by atoms with Crippen molar-refractivity contribution in [2.24, 2.45) is 11.8 Å². The maximum atomic E-state index is 4.74. The van der Waals surface area contributed by atoms with Gasteiger partial charge >= 0.3 is 0 Å². The molecule has 10 heavy (non-hydrogen) atoms. The van der Waals surface area contributed by atoms with E-state index in [9.17, 15) is 0 Å². The minimum absolute atomic E-state index is 0.708. The van der Waals surface area contributed by atoms with Crippen LogP contribution in [0.1, 0.15) is 27.2 Å². The van der Waals surface area contributed by atoms with Gasteiger partial charge in [-0.05, 0) is 18.3 Å². The van der Waals surface area contributed by atoms with E-state index in [0.29, 0.717) is 5.92 Å². The van der Waals surface area contributed by atoms with Crippen LogP contribution in [-0.4, -0.2) is 13.7 Å². The van der Waals surface area contributed by atoms with E-state index in [4.69, 9.17) is 4.84 Å². The van der Waals surface area contributed by atoms with Crippen LogP contribution in [0.25, 0.3) is 0 Å². The van der Waals surface area contributed by atoms with Crippen LogP contribution in [0, 0.1) is 11.8 Å². The molecule has 0 spiro atoms. The highest BCUT2D eigenvalue weighted by Crippen LogP contribution is 2.08. The highest BCUT2D eigenvalue weighted by Gasteiger charge is 2.03. The molecule has 1 unspecified atom stereocenters. The predicted octanol–water partition coefficient (Wildman–Crippen LogP) is 1.82. The second-order valence-electron chi connectivity index (χ2n) is 3.29. The first kappa shape index (κ1) is 9.92. The molecule has 0 radical (unpaired) electrons. The summed E-state index contributed by atoms with van der Waals surface area (Å²) in [5, 5.41) is 0. The molecule has 62 valence electrons. The summed E-state index contributed by atoms with van der Waals surface area (Å²) in [7, 11) is 1.65. The van der Waals surface area contributed by atoms with Crippen LogP contribution in [0.4, 0.5) is 0 Å². The van der Waals surface area contributed by atoms with Crippen LogP contribution < -0.4 is 5.48 Å². The Hall–Kier alpha value is -0.0800. The third-order valence-electron chi connectivity index (χ3n) is 1.45. The number of rotatable bonds is 5.